The van der Waals surface area contributed by atoms with Crippen molar-refractivity contribution in [2.75, 3.05) is 0 Å². The van der Waals surface area contributed by atoms with Crippen LogP contribution in [0.1, 0.15) is 47.0 Å². The highest BCUT2D eigenvalue weighted by atomic mass is 35.5. The van der Waals surface area contributed by atoms with Gasteiger partial charge >= 0.3 is 0 Å². The zero-order chi connectivity index (χ0) is 9.35. The molecule has 0 aromatic carbocycles. The lowest BCUT2D eigenvalue weighted by Crippen LogP contribution is -2.32. The first-order chi connectivity index (χ1) is 5.41. The molecule has 1 fully saturated rings. The average Bonchev–Trinajstić information content (AvgIpc) is 1.92. The zero-order valence-electron chi connectivity index (χ0n) is 8.73. The molecule has 1 rings (SSSR count). The quantitative estimate of drug-likeness (QED) is 0.545. The largest absolute Gasteiger partial charge is 0.120 e. The van der Waals surface area contributed by atoms with E-state index in [1.807, 2.05) is 0 Å². The van der Waals surface area contributed by atoms with Crippen LogP contribution in [0.15, 0.2) is 0 Å². The fourth-order valence-electron chi connectivity index (χ4n) is 2.17. The molecule has 0 spiro atoms. The summed E-state index contributed by atoms with van der Waals surface area (Å²) in [5.74, 6) is 2.49. The first-order valence-corrected chi connectivity index (χ1v) is 5.48. The molecule has 1 aliphatic carbocycles. The number of halogens is 1. The van der Waals surface area contributed by atoms with Gasteiger partial charge in [-0.3, -0.25) is 0 Å². The third kappa shape index (κ3) is 2.39. The normalized spacial score (nSPS) is 38.2. The predicted octanol–water partition coefficient (Wildman–Crippen LogP) is 4.08. The van der Waals surface area contributed by atoms with Crippen molar-refractivity contribution in [1.29, 1.82) is 0 Å². The van der Waals surface area contributed by atoms with Gasteiger partial charge in [-0.2, -0.15) is 0 Å². The molecule has 72 valence electrons. The predicted molar refractivity (Wildman–Crippen MR) is 55.6 cm³/mol. The van der Waals surface area contributed by atoms with Crippen molar-refractivity contribution in [3.63, 3.8) is 0 Å². The lowest BCUT2D eigenvalue weighted by molar-refractivity contribution is 0.181. The van der Waals surface area contributed by atoms with Crippen LogP contribution >= 0.6 is 11.6 Å². The molecule has 0 nitrogen and oxygen atoms in total. The third-order valence-corrected chi connectivity index (χ3v) is 3.88. The van der Waals surface area contributed by atoms with Gasteiger partial charge in [0.15, 0.2) is 0 Å². The van der Waals surface area contributed by atoms with Gasteiger partial charge in [0.05, 0.1) is 0 Å². The summed E-state index contributed by atoms with van der Waals surface area (Å²) in [6.07, 6.45) is 4.00. The molecular weight excluding hydrogens is 168 g/mol. The Bertz CT molecular complexity index is 146. The van der Waals surface area contributed by atoms with Crippen LogP contribution in [0, 0.1) is 17.8 Å². The molecule has 0 bridgehead atoms. The summed E-state index contributed by atoms with van der Waals surface area (Å²) in [4.78, 5) is 0.00833. The van der Waals surface area contributed by atoms with E-state index < -0.39 is 0 Å². The van der Waals surface area contributed by atoms with Crippen molar-refractivity contribution in [2.45, 2.75) is 51.8 Å². The van der Waals surface area contributed by atoms with Gasteiger partial charge < -0.3 is 0 Å². The maximum absolute atomic E-state index is 6.32. The van der Waals surface area contributed by atoms with Crippen LogP contribution in [0.25, 0.3) is 0 Å². The van der Waals surface area contributed by atoms with Gasteiger partial charge in [-0.1, -0.05) is 20.3 Å². The Kier molecular flexibility index (Phi) is 3.09. The van der Waals surface area contributed by atoms with E-state index in [0.29, 0.717) is 0 Å². The van der Waals surface area contributed by atoms with Gasteiger partial charge in [0, 0.05) is 4.87 Å². The standard InChI is InChI=1S/C11H21Cl/c1-8-5-6-10(7-9(8)2)11(3,4)12/h8-10H,5-7H2,1-4H3. The molecular formula is C11H21Cl. The molecule has 0 saturated heterocycles. The second-order valence-electron chi connectivity index (χ2n) is 5.03. The average molecular weight is 189 g/mol. The first-order valence-electron chi connectivity index (χ1n) is 5.10. The molecule has 0 aliphatic heterocycles. The minimum Gasteiger partial charge on any atom is -0.120 e. The van der Waals surface area contributed by atoms with Crippen LogP contribution in [0.3, 0.4) is 0 Å². The van der Waals surface area contributed by atoms with Crippen LogP contribution in [-0.4, -0.2) is 4.87 Å². The summed E-state index contributed by atoms with van der Waals surface area (Å²) in [6, 6.07) is 0. The Morgan fingerprint density at radius 1 is 1.08 bits per heavy atom. The van der Waals surface area contributed by atoms with Crippen molar-refractivity contribution in [3.8, 4) is 0 Å². The molecule has 0 aromatic rings. The zero-order valence-corrected chi connectivity index (χ0v) is 9.49. The Morgan fingerprint density at radius 3 is 2.08 bits per heavy atom. The van der Waals surface area contributed by atoms with E-state index in [1.165, 1.54) is 19.3 Å². The molecule has 3 unspecified atom stereocenters. The monoisotopic (exact) mass is 188 g/mol. The van der Waals surface area contributed by atoms with Crippen molar-refractivity contribution < 1.29 is 0 Å². The highest BCUT2D eigenvalue weighted by molar-refractivity contribution is 6.23. The lowest BCUT2D eigenvalue weighted by Gasteiger charge is -2.38. The summed E-state index contributed by atoms with van der Waals surface area (Å²) < 4.78 is 0. The van der Waals surface area contributed by atoms with Crippen molar-refractivity contribution >= 4 is 11.6 Å². The van der Waals surface area contributed by atoms with Gasteiger partial charge in [-0.25, -0.2) is 0 Å². The van der Waals surface area contributed by atoms with E-state index >= 15 is 0 Å². The lowest BCUT2D eigenvalue weighted by atomic mass is 9.72. The Balaban J connectivity index is 2.51. The fraction of sp³-hybridized carbons (Fsp3) is 1.00. The Labute approximate surface area is 81.7 Å². The Morgan fingerprint density at radius 2 is 1.67 bits per heavy atom. The van der Waals surface area contributed by atoms with E-state index in [9.17, 15) is 0 Å². The van der Waals surface area contributed by atoms with Crippen LogP contribution < -0.4 is 0 Å². The van der Waals surface area contributed by atoms with Crippen LogP contribution in [0.2, 0.25) is 0 Å². The summed E-state index contributed by atoms with van der Waals surface area (Å²) in [5.41, 5.74) is 0. The number of alkyl halides is 1. The van der Waals surface area contributed by atoms with Gasteiger partial charge in [0.25, 0.3) is 0 Å². The number of hydrogen-bond acceptors (Lipinski definition) is 0. The summed E-state index contributed by atoms with van der Waals surface area (Å²) >= 11 is 6.32. The molecule has 0 amide bonds. The summed E-state index contributed by atoms with van der Waals surface area (Å²) in [7, 11) is 0. The van der Waals surface area contributed by atoms with E-state index in [0.717, 1.165) is 17.8 Å². The first kappa shape index (κ1) is 10.4. The molecule has 12 heavy (non-hydrogen) atoms. The van der Waals surface area contributed by atoms with Crippen molar-refractivity contribution in [1.82, 2.24) is 0 Å². The minimum atomic E-state index is 0.00833. The van der Waals surface area contributed by atoms with Crippen molar-refractivity contribution in [3.05, 3.63) is 0 Å². The van der Waals surface area contributed by atoms with Gasteiger partial charge in [-0.05, 0) is 44.4 Å². The highest BCUT2D eigenvalue weighted by Crippen LogP contribution is 2.41. The number of rotatable bonds is 1. The molecule has 3 atom stereocenters. The Hall–Kier alpha value is 0.290. The SMILES string of the molecule is CC1CCC(C(C)(C)Cl)CC1C. The van der Waals surface area contributed by atoms with E-state index in [1.54, 1.807) is 0 Å². The van der Waals surface area contributed by atoms with Crippen LogP contribution in [0.4, 0.5) is 0 Å². The maximum Gasteiger partial charge on any atom is 0.0418 e. The molecule has 1 aliphatic rings. The van der Waals surface area contributed by atoms with Crippen LogP contribution in [0.5, 0.6) is 0 Å². The molecule has 0 heterocycles. The van der Waals surface area contributed by atoms with Gasteiger partial charge in [0.2, 0.25) is 0 Å². The summed E-state index contributed by atoms with van der Waals surface area (Å²) in [5, 5.41) is 0. The second kappa shape index (κ2) is 3.57. The summed E-state index contributed by atoms with van der Waals surface area (Å²) in [6.45, 7) is 9.03. The smallest absolute Gasteiger partial charge is 0.0418 e. The van der Waals surface area contributed by atoms with E-state index in [4.69, 9.17) is 11.6 Å². The number of hydrogen-bond donors (Lipinski definition) is 0. The molecule has 0 N–H and O–H groups in total. The van der Waals surface area contributed by atoms with Gasteiger partial charge in [0.1, 0.15) is 0 Å². The third-order valence-electron chi connectivity index (χ3n) is 3.57. The topological polar surface area (TPSA) is 0 Å². The van der Waals surface area contributed by atoms with Crippen LogP contribution in [-0.2, 0) is 0 Å². The molecule has 0 aromatic heterocycles. The van der Waals surface area contributed by atoms with Crippen molar-refractivity contribution in [2.24, 2.45) is 17.8 Å². The second-order valence-corrected chi connectivity index (χ2v) is 6.00. The maximum atomic E-state index is 6.32. The fourth-order valence-corrected chi connectivity index (χ4v) is 2.37. The van der Waals surface area contributed by atoms with E-state index in [2.05, 4.69) is 27.7 Å². The van der Waals surface area contributed by atoms with E-state index in [-0.39, 0.29) is 4.87 Å². The molecule has 1 saturated carbocycles. The minimum absolute atomic E-state index is 0.00833. The molecule has 1 heteroatoms. The highest BCUT2D eigenvalue weighted by Gasteiger charge is 2.33. The molecule has 0 radical (unpaired) electrons. The van der Waals surface area contributed by atoms with Gasteiger partial charge in [-0.15, -0.1) is 11.6 Å².